The molecule has 1 aromatic carbocycles. The van der Waals surface area contributed by atoms with Crippen molar-refractivity contribution < 1.29 is 17.9 Å². The van der Waals surface area contributed by atoms with Gasteiger partial charge in [0.15, 0.2) is 0 Å². The van der Waals surface area contributed by atoms with E-state index in [9.17, 15) is 13.2 Å². The van der Waals surface area contributed by atoms with Gasteiger partial charge in [-0.2, -0.15) is 0 Å². The standard InChI is InChI=1S/C7H3ClF3O/c8-5-1-3-6(4-2-5)12-7(9,10)11/h1-3H. The molecule has 0 aliphatic heterocycles. The molecule has 65 valence electrons. The molecule has 0 N–H and O–H groups in total. The Hall–Kier alpha value is -0.900. The minimum absolute atomic E-state index is 0.310. The molecular formula is C7H3ClF3O. The molecule has 0 bridgehead atoms. The molecule has 5 heteroatoms. The van der Waals surface area contributed by atoms with Gasteiger partial charge < -0.3 is 4.74 Å². The van der Waals surface area contributed by atoms with Crippen molar-refractivity contribution in [2.75, 3.05) is 0 Å². The van der Waals surface area contributed by atoms with Gasteiger partial charge in [0.05, 0.1) is 0 Å². The smallest absolute Gasteiger partial charge is 0.405 e. The molecule has 1 aromatic rings. The van der Waals surface area contributed by atoms with E-state index in [1.807, 2.05) is 0 Å². The van der Waals surface area contributed by atoms with E-state index in [1.54, 1.807) is 0 Å². The summed E-state index contributed by atoms with van der Waals surface area (Å²) < 4.78 is 38.2. The zero-order chi connectivity index (χ0) is 9.19. The number of rotatable bonds is 1. The van der Waals surface area contributed by atoms with Crippen molar-refractivity contribution in [2.24, 2.45) is 0 Å². The number of hydrogen-bond donors (Lipinski definition) is 0. The Morgan fingerprint density at radius 3 is 2.42 bits per heavy atom. The third-order valence-electron chi connectivity index (χ3n) is 0.972. The van der Waals surface area contributed by atoms with Gasteiger partial charge in [-0.25, -0.2) is 0 Å². The molecule has 0 unspecified atom stereocenters. The van der Waals surface area contributed by atoms with Gasteiger partial charge in [0.25, 0.3) is 0 Å². The summed E-state index contributed by atoms with van der Waals surface area (Å²) in [5.41, 5.74) is 0. The van der Waals surface area contributed by atoms with Crippen molar-refractivity contribution in [2.45, 2.75) is 6.36 Å². The molecule has 1 radical (unpaired) electrons. The second kappa shape index (κ2) is 3.23. The number of ether oxygens (including phenoxy) is 1. The van der Waals surface area contributed by atoms with Gasteiger partial charge in [-0.05, 0) is 18.2 Å². The molecular weight excluding hydrogens is 193 g/mol. The lowest BCUT2D eigenvalue weighted by molar-refractivity contribution is -0.274. The highest BCUT2D eigenvalue weighted by molar-refractivity contribution is 6.30. The molecule has 0 saturated heterocycles. The predicted molar refractivity (Wildman–Crippen MR) is 37.0 cm³/mol. The highest BCUT2D eigenvalue weighted by Gasteiger charge is 2.30. The van der Waals surface area contributed by atoms with Crippen LogP contribution in [0.5, 0.6) is 5.75 Å². The van der Waals surface area contributed by atoms with Gasteiger partial charge in [0.2, 0.25) is 0 Å². The lowest BCUT2D eigenvalue weighted by atomic mass is 10.3. The van der Waals surface area contributed by atoms with Crippen LogP contribution in [0, 0.1) is 6.07 Å². The fraction of sp³-hybridized carbons (Fsp3) is 0.143. The summed E-state index contributed by atoms with van der Waals surface area (Å²) in [6.07, 6.45) is -4.68. The van der Waals surface area contributed by atoms with Crippen LogP contribution in [0.15, 0.2) is 18.2 Å². The Balaban J connectivity index is 2.71. The molecule has 0 spiro atoms. The number of alkyl halides is 3. The Morgan fingerprint density at radius 1 is 1.33 bits per heavy atom. The molecule has 12 heavy (non-hydrogen) atoms. The molecule has 0 aliphatic carbocycles. The zero-order valence-electron chi connectivity index (χ0n) is 5.65. The van der Waals surface area contributed by atoms with Gasteiger partial charge in [0, 0.05) is 11.1 Å². The van der Waals surface area contributed by atoms with E-state index in [-0.39, 0.29) is 0 Å². The van der Waals surface area contributed by atoms with Gasteiger partial charge in [-0.15, -0.1) is 13.2 Å². The van der Waals surface area contributed by atoms with Crippen LogP contribution in [0.25, 0.3) is 0 Å². The second-order valence-electron chi connectivity index (χ2n) is 1.92. The lowest BCUT2D eigenvalue weighted by Crippen LogP contribution is -2.16. The van der Waals surface area contributed by atoms with Crippen molar-refractivity contribution in [1.29, 1.82) is 0 Å². The van der Waals surface area contributed by atoms with Gasteiger partial charge in [0.1, 0.15) is 5.75 Å². The summed E-state index contributed by atoms with van der Waals surface area (Å²) in [4.78, 5) is 0. The Kier molecular flexibility index (Phi) is 2.47. The van der Waals surface area contributed by atoms with E-state index in [2.05, 4.69) is 10.8 Å². The summed E-state index contributed by atoms with van der Waals surface area (Å²) in [6.45, 7) is 0. The highest BCUT2D eigenvalue weighted by atomic mass is 35.5. The van der Waals surface area contributed by atoms with E-state index in [1.165, 1.54) is 12.1 Å². The molecule has 1 nitrogen and oxygen atoms in total. The van der Waals surface area contributed by atoms with Crippen molar-refractivity contribution in [3.8, 4) is 5.75 Å². The van der Waals surface area contributed by atoms with E-state index >= 15 is 0 Å². The first-order valence-corrected chi connectivity index (χ1v) is 3.28. The molecule has 0 amide bonds. The summed E-state index contributed by atoms with van der Waals surface area (Å²) >= 11 is 5.41. The summed E-state index contributed by atoms with van der Waals surface area (Å²) in [6, 6.07) is 5.80. The van der Waals surface area contributed by atoms with Crippen LogP contribution in [-0.2, 0) is 0 Å². The first-order valence-electron chi connectivity index (χ1n) is 2.90. The van der Waals surface area contributed by atoms with E-state index in [0.717, 1.165) is 6.07 Å². The Bertz CT molecular complexity index is 254. The molecule has 0 aliphatic rings. The van der Waals surface area contributed by atoms with Crippen molar-refractivity contribution in [1.82, 2.24) is 0 Å². The van der Waals surface area contributed by atoms with Crippen LogP contribution >= 0.6 is 11.6 Å². The fourth-order valence-electron chi connectivity index (χ4n) is 0.580. The molecule has 1 rings (SSSR count). The van der Waals surface area contributed by atoms with Crippen LogP contribution < -0.4 is 4.74 Å². The predicted octanol–water partition coefficient (Wildman–Crippen LogP) is 3.04. The maximum absolute atomic E-state index is 11.6. The number of benzene rings is 1. The minimum Gasteiger partial charge on any atom is -0.405 e. The Labute approximate surface area is 71.7 Å². The number of hydrogen-bond acceptors (Lipinski definition) is 1. The van der Waals surface area contributed by atoms with Crippen LogP contribution in [0.3, 0.4) is 0 Å². The lowest BCUT2D eigenvalue weighted by Gasteiger charge is -2.07. The highest BCUT2D eigenvalue weighted by Crippen LogP contribution is 2.23. The first kappa shape index (κ1) is 9.19. The normalized spacial score (nSPS) is 11.3. The topological polar surface area (TPSA) is 9.23 Å². The first-order chi connectivity index (χ1) is 5.47. The van der Waals surface area contributed by atoms with E-state index in [4.69, 9.17) is 11.6 Å². The van der Waals surface area contributed by atoms with E-state index in [0.29, 0.717) is 5.02 Å². The van der Waals surface area contributed by atoms with E-state index < -0.39 is 12.1 Å². The van der Waals surface area contributed by atoms with Crippen LogP contribution in [0.4, 0.5) is 13.2 Å². The molecule has 0 fully saturated rings. The average molecular weight is 196 g/mol. The maximum Gasteiger partial charge on any atom is 0.573 e. The van der Waals surface area contributed by atoms with Crippen molar-refractivity contribution >= 4 is 11.6 Å². The van der Waals surface area contributed by atoms with Gasteiger partial charge in [-0.3, -0.25) is 0 Å². The van der Waals surface area contributed by atoms with Gasteiger partial charge in [-0.1, -0.05) is 11.6 Å². The van der Waals surface area contributed by atoms with Crippen LogP contribution in [0.1, 0.15) is 0 Å². The largest absolute Gasteiger partial charge is 0.573 e. The van der Waals surface area contributed by atoms with Crippen molar-refractivity contribution in [3.63, 3.8) is 0 Å². The quantitative estimate of drug-likeness (QED) is 0.669. The van der Waals surface area contributed by atoms with Crippen molar-refractivity contribution in [3.05, 3.63) is 29.3 Å². The monoisotopic (exact) mass is 195 g/mol. The average Bonchev–Trinajstić information content (AvgIpc) is 1.91. The summed E-state index contributed by atoms with van der Waals surface area (Å²) in [5.74, 6) is -0.396. The SMILES string of the molecule is FC(F)(F)Oc1[c]cc(Cl)cc1. The molecule has 0 aromatic heterocycles. The summed E-state index contributed by atoms with van der Waals surface area (Å²) in [5, 5.41) is 0.310. The van der Waals surface area contributed by atoms with Gasteiger partial charge >= 0.3 is 6.36 Å². The third kappa shape index (κ3) is 3.00. The third-order valence-corrected chi connectivity index (χ3v) is 1.21. The molecule has 0 saturated carbocycles. The maximum atomic E-state index is 11.6. The summed E-state index contributed by atoms with van der Waals surface area (Å²) in [7, 11) is 0. The van der Waals surface area contributed by atoms with Crippen LogP contribution in [0.2, 0.25) is 5.02 Å². The number of halogens is 4. The fourth-order valence-corrected chi connectivity index (χ4v) is 0.697. The molecule has 0 heterocycles. The minimum atomic E-state index is -4.68. The Morgan fingerprint density at radius 2 is 2.00 bits per heavy atom. The molecule has 0 atom stereocenters. The van der Waals surface area contributed by atoms with Crippen LogP contribution in [-0.4, -0.2) is 6.36 Å². The zero-order valence-corrected chi connectivity index (χ0v) is 6.41. The second-order valence-corrected chi connectivity index (χ2v) is 2.36.